The van der Waals surface area contributed by atoms with Gasteiger partial charge >= 0.3 is 0 Å². The summed E-state index contributed by atoms with van der Waals surface area (Å²) in [6.45, 7) is 3.13. The molecule has 5 heteroatoms. The first-order valence-corrected chi connectivity index (χ1v) is 9.20. The zero-order chi connectivity index (χ0) is 16.5. The zero-order valence-electron chi connectivity index (χ0n) is 14.0. The molecule has 4 rings (SSSR count). The van der Waals surface area contributed by atoms with Gasteiger partial charge in [0.2, 0.25) is 0 Å². The summed E-state index contributed by atoms with van der Waals surface area (Å²) in [6, 6.07) is 10.3. The van der Waals surface area contributed by atoms with Gasteiger partial charge in [0.15, 0.2) is 0 Å². The van der Waals surface area contributed by atoms with Crippen LogP contribution in [0.5, 0.6) is 5.75 Å². The molecule has 1 aromatic carbocycles. The lowest BCUT2D eigenvalue weighted by Crippen LogP contribution is -2.07. The van der Waals surface area contributed by atoms with Gasteiger partial charge in [-0.15, -0.1) is 11.3 Å². The average Bonchev–Trinajstić information content (AvgIpc) is 3.10. The van der Waals surface area contributed by atoms with Crippen LogP contribution >= 0.6 is 11.3 Å². The number of fused-ring (bicyclic) bond motifs is 1. The molecule has 1 N–H and O–H groups in total. The van der Waals surface area contributed by atoms with Crippen molar-refractivity contribution >= 4 is 17.2 Å². The number of thiophene rings is 1. The molecule has 0 atom stereocenters. The molecule has 24 heavy (non-hydrogen) atoms. The number of methoxy groups -OCH3 is 1. The molecule has 0 aliphatic carbocycles. The third-order valence-electron chi connectivity index (χ3n) is 4.41. The summed E-state index contributed by atoms with van der Waals surface area (Å²) >= 11 is 1.77. The number of aromatic nitrogens is 2. The van der Waals surface area contributed by atoms with Gasteiger partial charge in [0.25, 0.3) is 0 Å². The standard InChI is InChI=1S/C19H21N3OS/c1-13-11-17(24-12-13)18-16-5-3-4-10-20-19(16)22(21-18)14-6-8-15(23-2)9-7-14/h6-9,11-12,20H,3-5,10H2,1-2H3. The Morgan fingerprint density at radius 3 is 2.75 bits per heavy atom. The van der Waals surface area contributed by atoms with Gasteiger partial charge in [0.05, 0.1) is 17.7 Å². The lowest BCUT2D eigenvalue weighted by Gasteiger charge is -2.09. The highest BCUT2D eigenvalue weighted by Gasteiger charge is 2.22. The summed E-state index contributed by atoms with van der Waals surface area (Å²) in [5, 5.41) is 10.8. The van der Waals surface area contributed by atoms with Gasteiger partial charge in [0.1, 0.15) is 17.3 Å². The SMILES string of the molecule is COc1ccc(-n2nc(-c3cc(C)cs3)c3c2NCCCC3)cc1. The highest BCUT2D eigenvalue weighted by Crippen LogP contribution is 2.36. The number of rotatable bonds is 3. The van der Waals surface area contributed by atoms with E-state index in [1.54, 1.807) is 18.4 Å². The summed E-state index contributed by atoms with van der Waals surface area (Å²) in [4.78, 5) is 1.25. The molecule has 124 valence electrons. The van der Waals surface area contributed by atoms with Crippen LogP contribution in [0.15, 0.2) is 35.7 Å². The van der Waals surface area contributed by atoms with Crippen molar-refractivity contribution in [1.29, 1.82) is 0 Å². The van der Waals surface area contributed by atoms with E-state index in [9.17, 15) is 0 Å². The highest BCUT2D eigenvalue weighted by molar-refractivity contribution is 7.13. The smallest absolute Gasteiger partial charge is 0.133 e. The predicted molar refractivity (Wildman–Crippen MR) is 99.6 cm³/mol. The van der Waals surface area contributed by atoms with Crippen LogP contribution in [0.25, 0.3) is 16.3 Å². The van der Waals surface area contributed by atoms with Crippen molar-refractivity contribution in [3.63, 3.8) is 0 Å². The Balaban J connectivity index is 1.85. The number of benzene rings is 1. The maximum Gasteiger partial charge on any atom is 0.133 e. The van der Waals surface area contributed by atoms with Crippen molar-refractivity contribution in [2.75, 3.05) is 19.0 Å². The van der Waals surface area contributed by atoms with Gasteiger partial charge in [-0.1, -0.05) is 0 Å². The fraction of sp³-hybridized carbons (Fsp3) is 0.316. The van der Waals surface area contributed by atoms with Crippen molar-refractivity contribution in [3.05, 3.63) is 46.8 Å². The monoisotopic (exact) mass is 339 g/mol. The fourth-order valence-corrected chi connectivity index (χ4v) is 4.08. The number of ether oxygens (including phenoxy) is 1. The molecule has 0 spiro atoms. The number of aryl methyl sites for hydroxylation is 1. The molecule has 0 saturated heterocycles. The van der Waals surface area contributed by atoms with E-state index >= 15 is 0 Å². The highest BCUT2D eigenvalue weighted by atomic mass is 32.1. The van der Waals surface area contributed by atoms with E-state index in [0.717, 1.165) is 35.9 Å². The Hall–Kier alpha value is -2.27. The molecule has 4 nitrogen and oxygen atoms in total. The second-order valence-electron chi connectivity index (χ2n) is 6.16. The Morgan fingerprint density at radius 1 is 1.21 bits per heavy atom. The lowest BCUT2D eigenvalue weighted by molar-refractivity contribution is 0.414. The Labute approximate surface area is 146 Å². The number of hydrogen-bond donors (Lipinski definition) is 1. The zero-order valence-corrected chi connectivity index (χ0v) is 14.8. The quantitative estimate of drug-likeness (QED) is 0.754. The maximum absolute atomic E-state index is 5.27. The molecular formula is C19H21N3OS. The van der Waals surface area contributed by atoms with Crippen LogP contribution in [-0.2, 0) is 6.42 Å². The van der Waals surface area contributed by atoms with Gasteiger partial charge in [-0.05, 0) is 67.5 Å². The molecule has 3 aromatic rings. The van der Waals surface area contributed by atoms with Gasteiger partial charge in [-0.2, -0.15) is 5.10 Å². The first-order chi connectivity index (χ1) is 11.8. The first-order valence-electron chi connectivity index (χ1n) is 8.32. The summed E-state index contributed by atoms with van der Waals surface area (Å²) in [7, 11) is 1.69. The van der Waals surface area contributed by atoms with E-state index < -0.39 is 0 Å². The van der Waals surface area contributed by atoms with Gasteiger partial charge < -0.3 is 10.1 Å². The lowest BCUT2D eigenvalue weighted by atomic mass is 10.1. The van der Waals surface area contributed by atoms with Gasteiger partial charge in [-0.25, -0.2) is 4.68 Å². The van der Waals surface area contributed by atoms with Gasteiger partial charge in [0, 0.05) is 12.1 Å². The van der Waals surface area contributed by atoms with Crippen LogP contribution in [0.2, 0.25) is 0 Å². The van der Waals surface area contributed by atoms with Crippen molar-refractivity contribution < 1.29 is 4.74 Å². The Bertz CT molecular complexity index is 848. The minimum atomic E-state index is 0.860. The minimum Gasteiger partial charge on any atom is -0.497 e. The Kier molecular flexibility index (Phi) is 4.02. The summed E-state index contributed by atoms with van der Waals surface area (Å²) in [5.74, 6) is 2.00. The first kappa shape index (κ1) is 15.3. The second-order valence-corrected chi connectivity index (χ2v) is 7.07. The van der Waals surface area contributed by atoms with Crippen molar-refractivity contribution in [2.45, 2.75) is 26.2 Å². The van der Waals surface area contributed by atoms with E-state index in [2.05, 4.69) is 35.8 Å². The largest absolute Gasteiger partial charge is 0.497 e. The van der Waals surface area contributed by atoms with Crippen LogP contribution in [0.1, 0.15) is 24.0 Å². The van der Waals surface area contributed by atoms with Crippen LogP contribution in [0.3, 0.4) is 0 Å². The molecule has 0 fully saturated rings. The van der Waals surface area contributed by atoms with E-state index in [1.807, 2.05) is 16.8 Å². The van der Waals surface area contributed by atoms with Crippen LogP contribution < -0.4 is 10.1 Å². The third-order valence-corrected chi connectivity index (χ3v) is 5.47. The molecule has 0 radical (unpaired) electrons. The Morgan fingerprint density at radius 2 is 2.04 bits per heavy atom. The number of anilines is 1. The van der Waals surface area contributed by atoms with Crippen molar-refractivity contribution in [2.24, 2.45) is 0 Å². The summed E-state index contributed by atoms with van der Waals surface area (Å²) in [6.07, 6.45) is 3.47. The van der Waals surface area contributed by atoms with Gasteiger partial charge in [-0.3, -0.25) is 0 Å². The summed E-state index contributed by atoms with van der Waals surface area (Å²) in [5.41, 5.74) is 4.81. The minimum absolute atomic E-state index is 0.860. The van der Waals surface area contributed by atoms with Crippen LogP contribution in [-0.4, -0.2) is 23.4 Å². The predicted octanol–water partition coefficient (Wildman–Crippen LogP) is 4.67. The number of nitrogens with zero attached hydrogens (tertiary/aromatic N) is 2. The maximum atomic E-state index is 5.27. The van der Waals surface area contributed by atoms with Crippen LogP contribution in [0.4, 0.5) is 5.82 Å². The molecule has 0 bridgehead atoms. The molecule has 1 aliphatic heterocycles. The molecule has 0 saturated carbocycles. The second kappa shape index (κ2) is 6.32. The summed E-state index contributed by atoms with van der Waals surface area (Å²) < 4.78 is 7.32. The normalized spacial score (nSPS) is 13.9. The number of hydrogen-bond acceptors (Lipinski definition) is 4. The molecule has 0 amide bonds. The van der Waals surface area contributed by atoms with Crippen LogP contribution in [0, 0.1) is 6.92 Å². The van der Waals surface area contributed by atoms with E-state index in [1.165, 1.54) is 28.8 Å². The molecule has 3 heterocycles. The van der Waals surface area contributed by atoms with E-state index in [-0.39, 0.29) is 0 Å². The third kappa shape index (κ3) is 2.69. The number of nitrogens with one attached hydrogen (secondary N) is 1. The van der Waals surface area contributed by atoms with Crippen molar-refractivity contribution in [3.8, 4) is 22.0 Å². The molecule has 1 aliphatic rings. The van der Waals surface area contributed by atoms with Crippen molar-refractivity contribution in [1.82, 2.24) is 9.78 Å². The molecular weight excluding hydrogens is 318 g/mol. The average molecular weight is 339 g/mol. The topological polar surface area (TPSA) is 39.1 Å². The van der Waals surface area contributed by atoms with E-state index in [4.69, 9.17) is 9.84 Å². The van der Waals surface area contributed by atoms with E-state index in [0.29, 0.717) is 0 Å². The molecule has 0 unspecified atom stereocenters. The fourth-order valence-electron chi connectivity index (χ4n) is 3.17. The molecule has 2 aromatic heterocycles.